The van der Waals surface area contributed by atoms with Gasteiger partial charge in [0.25, 0.3) is 0 Å². The first-order valence-electron chi connectivity index (χ1n) is 3.74. The van der Waals surface area contributed by atoms with E-state index in [4.69, 9.17) is 0 Å². The third-order valence-corrected chi connectivity index (χ3v) is 1.56. The molecule has 1 rings (SSSR count). The first-order chi connectivity index (χ1) is 6.32. The highest BCUT2D eigenvalue weighted by Gasteiger charge is 2.36. The molecule has 0 aliphatic carbocycles. The zero-order valence-electron chi connectivity index (χ0n) is 7.51. The van der Waals surface area contributed by atoms with Crippen LogP contribution in [0.25, 0.3) is 0 Å². The summed E-state index contributed by atoms with van der Waals surface area (Å²) < 4.78 is 37.0. The van der Waals surface area contributed by atoms with Crippen LogP contribution < -0.4 is 0 Å². The molecule has 0 amide bonds. The minimum Gasteiger partial charge on any atom is -0.294 e. The van der Waals surface area contributed by atoms with Gasteiger partial charge in [0.1, 0.15) is 5.82 Å². The van der Waals surface area contributed by atoms with Crippen LogP contribution in [0.15, 0.2) is 6.20 Å². The van der Waals surface area contributed by atoms with Gasteiger partial charge in [0.2, 0.25) is 0 Å². The molecule has 0 aliphatic heterocycles. The van der Waals surface area contributed by atoms with Crippen molar-refractivity contribution in [1.82, 2.24) is 9.97 Å². The lowest BCUT2D eigenvalue weighted by Gasteiger charge is -2.09. The standard InChI is InChI=1S/C8H7F3N2O/c1-4(14)6-3-12-5(2)13-7(6)8(9,10)11/h3H,1-2H3. The molecule has 1 aromatic heterocycles. The summed E-state index contributed by atoms with van der Waals surface area (Å²) in [6.07, 6.45) is -3.72. The molecule has 0 aliphatic rings. The SMILES string of the molecule is CC(=O)c1cnc(C)nc1C(F)(F)F. The van der Waals surface area contributed by atoms with Crippen molar-refractivity contribution in [2.24, 2.45) is 0 Å². The molecule has 1 aromatic rings. The van der Waals surface area contributed by atoms with Crippen LogP contribution >= 0.6 is 0 Å². The fourth-order valence-electron chi connectivity index (χ4n) is 0.944. The summed E-state index contributed by atoms with van der Waals surface area (Å²) in [6, 6.07) is 0. The maximum atomic E-state index is 12.3. The molecule has 3 nitrogen and oxygen atoms in total. The van der Waals surface area contributed by atoms with E-state index in [-0.39, 0.29) is 5.82 Å². The van der Waals surface area contributed by atoms with Crippen molar-refractivity contribution in [2.45, 2.75) is 20.0 Å². The number of halogens is 3. The number of carbonyl (C=O) groups is 1. The molecule has 0 spiro atoms. The molecule has 0 aromatic carbocycles. The van der Waals surface area contributed by atoms with Gasteiger partial charge < -0.3 is 0 Å². The molecule has 0 unspecified atom stereocenters. The van der Waals surface area contributed by atoms with Crippen LogP contribution in [0.2, 0.25) is 0 Å². The Morgan fingerprint density at radius 3 is 2.43 bits per heavy atom. The van der Waals surface area contributed by atoms with Gasteiger partial charge in [0.15, 0.2) is 11.5 Å². The predicted octanol–water partition coefficient (Wildman–Crippen LogP) is 2.01. The predicted molar refractivity (Wildman–Crippen MR) is 41.8 cm³/mol. The number of hydrogen-bond donors (Lipinski definition) is 0. The van der Waals surface area contributed by atoms with Crippen molar-refractivity contribution in [3.63, 3.8) is 0 Å². The number of aryl methyl sites for hydroxylation is 1. The topological polar surface area (TPSA) is 42.9 Å². The van der Waals surface area contributed by atoms with Crippen LogP contribution in [-0.2, 0) is 6.18 Å². The highest BCUT2D eigenvalue weighted by atomic mass is 19.4. The van der Waals surface area contributed by atoms with Crippen molar-refractivity contribution in [3.05, 3.63) is 23.3 Å². The van der Waals surface area contributed by atoms with Crippen molar-refractivity contribution in [3.8, 4) is 0 Å². The molecule has 1 heterocycles. The number of Topliss-reactive ketones (excluding diaryl/α,β-unsaturated/α-hetero) is 1. The molecule has 0 radical (unpaired) electrons. The minimum atomic E-state index is -4.62. The fourth-order valence-corrected chi connectivity index (χ4v) is 0.944. The summed E-state index contributed by atoms with van der Waals surface area (Å²) in [5.74, 6) is -0.709. The number of alkyl halides is 3. The van der Waals surface area contributed by atoms with E-state index in [2.05, 4.69) is 9.97 Å². The summed E-state index contributed by atoms with van der Waals surface area (Å²) in [7, 11) is 0. The van der Waals surface area contributed by atoms with Crippen molar-refractivity contribution in [2.75, 3.05) is 0 Å². The summed E-state index contributed by atoms with van der Waals surface area (Å²) in [5, 5.41) is 0. The van der Waals surface area contributed by atoms with E-state index >= 15 is 0 Å². The van der Waals surface area contributed by atoms with E-state index in [1.807, 2.05) is 0 Å². The Morgan fingerprint density at radius 2 is 2.00 bits per heavy atom. The molecule has 0 saturated carbocycles. The third-order valence-electron chi connectivity index (χ3n) is 1.56. The van der Waals surface area contributed by atoms with Crippen molar-refractivity contribution in [1.29, 1.82) is 0 Å². The summed E-state index contributed by atoms with van der Waals surface area (Å²) in [6.45, 7) is 2.38. The molecule has 0 atom stereocenters. The van der Waals surface area contributed by atoms with Crippen molar-refractivity contribution < 1.29 is 18.0 Å². The Balaban J connectivity index is 3.38. The number of rotatable bonds is 1. The summed E-state index contributed by atoms with van der Waals surface area (Å²) >= 11 is 0. The van der Waals surface area contributed by atoms with Crippen LogP contribution in [0.3, 0.4) is 0 Å². The zero-order chi connectivity index (χ0) is 10.9. The molecule has 0 saturated heterocycles. The fraction of sp³-hybridized carbons (Fsp3) is 0.375. The number of hydrogen-bond acceptors (Lipinski definition) is 3. The van der Waals surface area contributed by atoms with E-state index in [1.54, 1.807) is 0 Å². The molecule has 14 heavy (non-hydrogen) atoms. The average molecular weight is 204 g/mol. The Morgan fingerprint density at radius 1 is 1.43 bits per heavy atom. The third kappa shape index (κ3) is 2.07. The quantitative estimate of drug-likeness (QED) is 0.657. The van der Waals surface area contributed by atoms with Crippen molar-refractivity contribution >= 4 is 5.78 Å². The second-order valence-electron chi connectivity index (χ2n) is 2.73. The van der Waals surface area contributed by atoms with Gasteiger partial charge >= 0.3 is 6.18 Å². The maximum Gasteiger partial charge on any atom is 0.434 e. The average Bonchev–Trinajstić information content (AvgIpc) is 2.01. The Hall–Kier alpha value is -1.46. The summed E-state index contributed by atoms with van der Waals surface area (Å²) in [4.78, 5) is 17.6. The second kappa shape index (κ2) is 3.36. The molecular weight excluding hydrogens is 197 g/mol. The van der Waals surface area contributed by atoms with Gasteiger partial charge in [-0.15, -0.1) is 0 Å². The first kappa shape index (κ1) is 10.6. The number of carbonyl (C=O) groups excluding carboxylic acids is 1. The van der Waals surface area contributed by atoms with Crippen LogP contribution in [0.1, 0.15) is 28.8 Å². The van der Waals surface area contributed by atoms with Gasteiger partial charge in [-0.2, -0.15) is 13.2 Å². The van der Waals surface area contributed by atoms with Crippen LogP contribution in [0, 0.1) is 6.92 Å². The Bertz CT molecular complexity index is 373. The van der Waals surface area contributed by atoms with Crippen LogP contribution in [0.4, 0.5) is 13.2 Å². The highest BCUT2D eigenvalue weighted by Crippen LogP contribution is 2.30. The van der Waals surface area contributed by atoms with Crippen LogP contribution in [0.5, 0.6) is 0 Å². The maximum absolute atomic E-state index is 12.3. The molecule has 0 fully saturated rings. The summed E-state index contributed by atoms with van der Waals surface area (Å²) in [5.41, 5.74) is -1.67. The normalized spacial score (nSPS) is 11.5. The zero-order valence-corrected chi connectivity index (χ0v) is 7.51. The van der Waals surface area contributed by atoms with E-state index in [1.165, 1.54) is 6.92 Å². The Labute approximate surface area is 78.0 Å². The van der Waals surface area contributed by atoms with E-state index in [9.17, 15) is 18.0 Å². The van der Waals surface area contributed by atoms with Gasteiger partial charge in [-0.1, -0.05) is 0 Å². The van der Waals surface area contributed by atoms with Gasteiger partial charge in [0.05, 0.1) is 5.56 Å². The first-order valence-corrected chi connectivity index (χ1v) is 3.74. The molecule has 76 valence electrons. The minimum absolute atomic E-state index is 0.0117. The molecular formula is C8H7F3N2O. The molecule has 0 N–H and O–H groups in total. The lowest BCUT2D eigenvalue weighted by molar-refractivity contribution is -0.141. The van der Waals surface area contributed by atoms with Gasteiger partial charge in [-0.05, 0) is 13.8 Å². The highest BCUT2D eigenvalue weighted by molar-refractivity contribution is 5.94. The van der Waals surface area contributed by atoms with Gasteiger partial charge in [0, 0.05) is 6.20 Å². The lowest BCUT2D eigenvalue weighted by atomic mass is 10.1. The smallest absolute Gasteiger partial charge is 0.294 e. The largest absolute Gasteiger partial charge is 0.434 e. The van der Waals surface area contributed by atoms with E-state index in [0.29, 0.717) is 0 Å². The Kier molecular flexibility index (Phi) is 2.55. The van der Waals surface area contributed by atoms with Gasteiger partial charge in [-0.25, -0.2) is 9.97 Å². The second-order valence-corrected chi connectivity index (χ2v) is 2.73. The van der Waals surface area contributed by atoms with E-state index < -0.39 is 23.2 Å². The number of ketones is 1. The molecule has 6 heteroatoms. The number of nitrogens with zero attached hydrogens (tertiary/aromatic N) is 2. The van der Waals surface area contributed by atoms with Crippen LogP contribution in [-0.4, -0.2) is 15.8 Å². The number of aromatic nitrogens is 2. The van der Waals surface area contributed by atoms with E-state index in [0.717, 1.165) is 13.1 Å². The molecule has 0 bridgehead atoms. The monoisotopic (exact) mass is 204 g/mol. The lowest BCUT2D eigenvalue weighted by Crippen LogP contribution is -2.15. The van der Waals surface area contributed by atoms with Gasteiger partial charge in [-0.3, -0.25) is 4.79 Å².